The Labute approximate surface area is 81.3 Å². The quantitative estimate of drug-likeness (QED) is 0.606. The molecule has 0 saturated carbocycles. The summed E-state index contributed by atoms with van der Waals surface area (Å²) >= 11 is 0. The van der Waals surface area contributed by atoms with Crippen molar-refractivity contribution in [3.8, 4) is 0 Å². The summed E-state index contributed by atoms with van der Waals surface area (Å²) in [6.45, 7) is 1.72. The Morgan fingerprint density at radius 1 is 1.57 bits per heavy atom. The van der Waals surface area contributed by atoms with Gasteiger partial charge in [0.15, 0.2) is 0 Å². The van der Waals surface area contributed by atoms with Gasteiger partial charge in [-0.3, -0.25) is 9.69 Å². The third-order valence-corrected chi connectivity index (χ3v) is 2.72. The van der Waals surface area contributed by atoms with Crippen molar-refractivity contribution in [3.63, 3.8) is 0 Å². The second-order valence-electron chi connectivity index (χ2n) is 3.66. The minimum Gasteiger partial charge on any atom is -0.468 e. The maximum absolute atomic E-state index is 12.3. The molecule has 0 bridgehead atoms. The van der Waals surface area contributed by atoms with Crippen LogP contribution in [0.1, 0.15) is 13.3 Å². The Balaban J connectivity index is 2.94. The molecule has 0 aromatic rings. The predicted octanol–water partition coefficient (Wildman–Crippen LogP) is 1.40. The van der Waals surface area contributed by atoms with Crippen molar-refractivity contribution < 1.29 is 18.3 Å². The standard InChI is InChI=1S/C9H13F2NO2/c1-9(8(13)14-3)4-6(7(10)11)5-12(9)2/h4-5H2,1-3H3. The average molecular weight is 205 g/mol. The zero-order valence-electron chi connectivity index (χ0n) is 8.43. The summed E-state index contributed by atoms with van der Waals surface area (Å²) in [5.74, 6) is -0.476. The summed E-state index contributed by atoms with van der Waals surface area (Å²) in [5.41, 5.74) is -0.937. The molecule has 1 rings (SSSR count). The van der Waals surface area contributed by atoms with E-state index in [4.69, 9.17) is 0 Å². The second-order valence-corrected chi connectivity index (χ2v) is 3.66. The molecule has 0 amide bonds. The topological polar surface area (TPSA) is 29.5 Å². The van der Waals surface area contributed by atoms with Gasteiger partial charge in [0.1, 0.15) is 5.54 Å². The summed E-state index contributed by atoms with van der Waals surface area (Å²) in [7, 11) is 2.89. The van der Waals surface area contributed by atoms with Crippen molar-refractivity contribution in [2.75, 3.05) is 20.7 Å². The fourth-order valence-corrected chi connectivity index (χ4v) is 1.64. The molecule has 1 atom stereocenters. The highest BCUT2D eigenvalue weighted by Crippen LogP contribution is 2.34. The second kappa shape index (κ2) is 3.65. The van der Waals surface area contributed by atoms with Crippen molar-refractivity contribution in [2.45, 2.75) is 18.9 Å². The lowest BCUT2D eigenvalue weighted by molar-refractivity contribution is -0.151. The van der Waals surface area contributed by atoms with Gasteiger partial charge < -0.3 is 4.74 Å². The van der Waals surface area contributed by atoms with Gasteiger partial charge in [-0.25, -0.2) is 0 Å². The first kappa shape index (κ1) is 11.1. The third-order valence-electron chi connectivity index (χ3n) is 2.72. The summed E-state index contributed by atoms with van der Waals surface area (Å²) in [6, 6.07) is 0. The number of methoxy groups -OCH3 is 1. The van der Waals surface area contributed by atoms with Crippen LogP contribution in [-0.2, 0) is 9.53 Å². The Kier molecular flexibility index (Phi) is 2.89. The largest absolute Gasteiger partial charge is 0.468 e. The van der Waals surface area contributed by atoms with Gasteiger partial charge in [-0.2, -0.15) is 8.78 Å². The predicted molar refractivity (Wildman–Crippen MR) is 46.9 cm³/mol. The van der Waals surface area contributed by atoms with Crippen LogP contribution in [0.15, 0.2) is 11.7 Å². The van der Waals surface area contributed by atoms with Crippen molar-refractivity contribution in [2.24, 2.45) is 0 Å². The van der Waals surface area contributed by atoms with Crippen LogP contribution in [0.4, 0.5) is 8.78 Å². The zero-order chi connectivity index (χ0) is 10.9. The fourth-order valence-electron chi connectivity index (χ4n) is 1.64. The van der Waals surface area contributed by atoms with E-state index in [2.05, 4.69) is 4.74 Å². The lowest BCUT2D eigenvalue weighted by Crippen LogP contribution is -2.46. The van der Waals surface area contributed by atoms with Crippen molar-refractivity contribution in [1.82, 2.24) is 4.90 Å². The summed E-state index contributed by atoms with van der Waals surface area (Å²) < 4.78 is 29.2. The van der Waals surface area contributed by atoms with Gasteiger partial charge in [0.05, 0.1) is 7.11 Å². The van der Waals surface area contributed by atoms with Crippen LogP contribution in [0.5, 0.6) is 0 Å². The molecule has 1 heterocycles. The van der Waals surface area contributed by atoms with Gasteiger partial charge in [0.2, 0.25) is 0 Å². The molecule has 0 spiro atoms. The van der Waals surface area contributed by atoms with Crippen LogP contribution in [0.3, 0.4) is 0 Å². The lowest BCUT2D eigenvalue weighted by atomic mass is 9.98. The fraction of sp³-hybridized carbons (Fsp3) is 0.667. The number of esters is 1. The van der Waals surface area contributed by atoms with Gasteiger partial charge in [0, 0.05) is 18.5 Å². The molecule has 1 aliphatic rings. The molecular weight excluding hydrogens is 192 g/mol. The maximum Gasteiger partial charge on any atom is 0.326 e. The number of likely N-dealkylation sites (tertiary alicyclic amines) is 1. The van der Waals surface area contributed by atoms with Crippen molar-refractivity contribution in [3.05, 3.63) is 11.7 Å². The van der Waals surface area contributed by atoms with Crippen molar-refractivity contribution >= 4 is 5.97 Å². The number of nitrogens with zero attached hydrogens (tertiary/aromatic N) is 1. The molecule has 1 fully saturated rings. The zero-order valence-corrected chi connectivity index (χ0v) is 8.43. The van der Waals surface area contributed by atoms with E-state index in [0.29, 0.717) is 0 Å². The molecule has 0 aromatic heterocycles. The molecule has 1 unspecified atom stereocenters. The Morgan fingerprint density at radius 3 is 2.50 bits per heavy atom. The van der Waals surface area contributed by atoms with Gasteiger partial charge in [0.25, 0.3) is 6.08 Å². The average Bonchev–Trinajstić information content (AvgIpc) is 2.43. The van der Waals surface area contributed by atoms with Crippen LogP contribution in [-0.4, -0.2) is 37.1 Å². The van der Waals surface area contributed by atoms with E-state index in [-0.39, 0.29) is 18.5 Å². The number of hydrogen-bond acceptors (Lipinski definition) is 3. The Morgan fingerprint density at radius 2 is 2.14 bits per heavy atom. The van der Waals surface area contributed by atoms with Crippen LogP contribution in [0, 0.1) is 0 Å². The maximum atomic E-state index is 12.3. The molecule has 3 nitrogen and oxygen atoms in total. The summed E-state index contributed by atoms with van der Waals surface area (Å²) in [6.07, 6.45) is -1.65. The highest BCUT2D eigenvalue weighted by Gasteiger charge is 2.45. The first-order chi connectivity index (χ1) is 6.41. The number of halogens is 2. The van der Waals surface area contributed by atoms with E-state index in [0.717, 1.165) is 0 Å². The van der Waals surface area contributed by atoms with Gasteiger partial charge in [-0.1, -0.05) is 0 Å². The molecule has 5 heteroatoms. The van der Waals surface area contributed by atoms with E-state index >= 15 is 0 Å². The molecule has 1 aliphatic heterocycles. The van der Waals surface area contributed by atoms with Gasteiger partial charge in [-0.05, 0) is 14.0 Å². The van der Waals surface area contributed by atoms with Crippen LogP contribution < -0.4 is 0 Å². The molecule has 0 aromatic carbocycles. The molecule has 0 radical (unpaired) electrons. The first-order valence-corrected chi connectivity index (χ1v) is 4.24. The van der Waals surface area contributed by atoms with Crippen LogP contribution >= 0.6 is 0 Å². The Hall–Kier alpha value is -0.970. The first-order valence-electron chi connectivity index (χ1n) is 4.24. The monoisotopic (exact) mass is 205 g/mol. The van der Waals surface area contributed by atoms with Gasteiger partial charge in [-0.15, -0.1) is 0 Å². The molecule has 1 saturated heterocycles. The molecule has 14 heavy (non-hydrogen) atoms. The molecule has 80 valence electrons. The van der Waals surface area contributed by atoms with Crippen LogP contribution in [0.2, 0.25) is 0 Å². The number of likely N-dealkylation sites (N-methyl/N-ethyl adjacent to an activating group) is 1. The highest BCUT2D eigenvalue weighted by molar-refractivity contribution is 5.81. The number of hydrogen-bond donors (Lipinski definition) is 0. The van der Waals surface area contributed by atoms with Crippen molar-refractivity contribution in [1.29, 1.82) is 0 Å². The minimum absolute atomic E-state index is 0.0143. The number of rotatable bonds is 1. The van der Waals surface area contributed by atoms with E-state index in [1.54, 1.807) is 18.9 Å². The van der Waals surface area contributed by atoms with E-state index in [9.17, 15) is 13.6 Å². The van der Waals surface area contributed by atoms with Gasteiger partial charge >= 0.3 is 5.97 Å². The summed E-state index contributed by atoms with van der Waals surface area (Å²) in [4.78, 5) is 13.0. The molecule has 0 N–H and O–H groups in total. The lowest BCUT2D eigenvalue weighted by Gasteiger charge is -2.28. The Bertz CT molecular complexity index is 287. The third kappa shape index (κ3) is 1.64. The van der Waals surface area contributed by atoms with E-state index < -0.39 is 17.6 Å². The number of carbonyl (C=O) groups is 1. The minimum atomic E-state index is -1.69. The number of ether oxygens (including phenoxy) is 1. The smallest absolute Gasteiger partial charge is 0.326 e. The summed E-state index contributed by atoms with van der Waals surface area (Å²) in [5, 5.41) is 0. The SMILES string of the molecule is COC(=O)C1(C)CC(=C(F)F)CN1C. The normalized spacial score (nSPS) is 27.9. The van der Waals surface area contributed by atoms with E-state index in [1.165, 1.54) is 7.11 Å². The molecular formula is C9H13F2NO2. The van der Waals surface area contributed by atoms with Crippen LogP contribution in [0.25, 0.3) is 0 Å². The highest BCUT2D eigenvalue weighted by atomic mass is 19.3. The van der Waals surface area contributed by atoms with E-state index in [1.807, 2.05) is 0 Å². The molecule has 0 aliphatic carbocycles. The number of carbonyl (C=O) groups excluding carboxylic acids is 1.